The maximum Gasteiger partial charge on any atom is 0.306 e. The predicted octanol–water partition coefficient (Wildman–Crippen LogP) is 4.57. The van der Waals surface area contributed by atoms with Crippen LogP contribution in [0.15, 0.2) is 24.3 Å². The number of aliphatic hydroxyl groups excluding tert-OH is 2. The monoisotopic (exact) mass is 410 g/mol. The minimum Gasteiger partial charge on any atom is -0.463 e. The topological polar surface area (TPSA) is 76.0 Å². The van der Waals surface area contributed by atoms with Crippen LogP contribution in [-0.4, -0.2) is 48.2 Å². The Bertz CT molecular complexity index is 486. The Labute approximate surface area is 177 Å². The summed E-state index contributed by atoms with van der Waals surface area (Å²) in [5.74, 6) is 0.273. The average Bonchev–Trinajstić information content (AvgIpc) is 2.98. The first-order valence-corrected chi connectivity index (χ1v) is 11.3. The van der Waals surface area contributed by atoms with Gasteiger partial charge in [0.2, 0.25) is 0 Å². The Kier molecular flexibility index (Phi) is 14.0. The lowest BCUT2D eigenvalue weighted by atomic mass is 9.89. The Balaban J connectivity index is 2.38. The lowest BCUT2D eigenvalue weighted by Crippen LogP contribution is -2.21. The van der Waals surface area contributed by atoms with Crippen LogP contribution in [0.5, 0.6) is 0 Å². The highest BCUT2D eigenvalue weighted by atomic mass is 16.5. The smallest absolute Gasteiger partial charge is 0.306 e. The maximum absolute atomic E-state index is 11.5. The summed E-state index contributed by atoms with van der Waals surface area (Å²) >= 11 is 0. The van der Waals surface area contributed by atoms with E-state index in [1.54, 1.807) is 7.11 Å². The number of methoxy groups -OCH3 is 1. The van der Waals surface area contributed by atoms with Gasteiger partial charge in [-0.1, -0.05) is 37.1 Å². The molecule has 0 bridgehead atoms. The fraction of sp³-hybridized carbons (Fsp3) is 0.792. The molecule has 0 aromatic rings. The molecule has 0 aromatic carbocycles. The first-order valence-electron chi connectivity index (χ1n) is 11.3. The first kappa shape index (κ1) is 25.9. The molecule has 0 aliphatic heterocycles. The SMILES string of the molecule is CO[C@@H]1C[C@H](O)C(C/C=C\CCCC(=O)OC(C)C)[C@H]1/C=C/CCCCCCO. The van der Waals surface area contributed by atoms with E-state index in [0.29, 0.717) is 12.8 Å². The molecule has 1 aliphatic carbocycles. The van der Waals surface area contributed by atoms with Crippen molar-refractivity contribution in [2.24, 2.45) is 11.8 Å². The molecule has 1 unspecified atom stereocenters. The number of esters is 1. The number of ether oxygens (including phenoxy) is 2. The zero-order chi connectivity index (χ0) is 21.5. The van der Waals surface area contributed by atoms with Gasteiger partial charge >= 0.3 is 5.97 Å². The van der Waals surface area contributed by atoms with Crippen molar-refractivity contribution in [3.05, 3.63) is 24.3 Å². The van der Waals surface area contributed by atoms with E-state index in [1.165, 1.54) is 0 Å². The highest BCUT2D eigenvalue weighted by Gasteiger charge is 2.40. The quantitative estimate of drug-likeness (QED) is 0.235. The van der Waals surface area contributed by atoms with Crippen LogP contribution in [0, 0.1) is 11.8 Å². The summed E-state index contributed by atoms with van der Waals surface area (Å²) in [5.41, 5.74) is 0. The van der Waals surface area contributed by atoms with Crippen LogP contribution in [0.3, 0.4) is 0 Å². The van der Waals surface area contributed by atoms with Crippen molar-refractivity contribution in [1.82, 2.24) is 0 Å². The summed E-state index contributed by atoms with van der Waals surface area (Å²) in [6.07, 6.45) is 17.2. The molecule has 5 heteroatoms. The van der Waals surface area contributed by atoms with Crippen molar-refractivity contribution in [3.63, 3.8) is 0 Å². The largest absolute Gasteiger partial charge is 0.463 e. The van der Waals surface area contributed by atoms with Crippen LogP contribution in [-0.2, 0) is 14.3 Å². The minimum absolute atomic E-state index is 0.0545. The fourth-order valence-corrected chi connectivity index (χ4v) is 3.97. The molecule has 1 aliphatic rings. The van der Waals surface area contributed by atoms with Gasteiger partial charge in [-0.3, -0.25) is 4.79 Å². The third-order valence-corrected chi connectivity index (χ3v) is 5.53. The van der Waals surface area contributed by atoms with Crippen LogP contribution < -0.4 is 0 Å². The molecule has 0 heterocycles. The summed E-state index contributed by atoms with van der Waals surface area (Å²) in [5, 5.41) is 19.3. The van der Waals surface area contributed by atoms with Gasteiger partial charge in [-0.05, 0) is 58.3 Å². The molecule has 1 fully saturated rings. The van der Waals surface area contributed by atoms with Crippen LogP contribution in [0.1, 0.15) is 78.1 Å². The Morgan fingerprint density at radius 3 is 2.48 bits per heavy atom. The van der Waals surface area contributed by atoms with Crippen molar-refractivity contribution < 1.29 is 24.5 Å². The zero-order valence-corrected chi connectivity index (χ0v) is 18.6. The molecule has 0 aromatic heterocycles. The molecule has 0 amide bonds. The maximum atomic E-state index is 11.5. The van der Waals surface area contributed by atoms with Gasteiger partial charge in [0.1, 0.15) is 0 Å². The second kappa shape index (κ2) is 15.6. The number of unbranched alkanes of at least 4 members (excludes halogenated alkanes) is 5. The van der Waals surface area contributed by atoms with Crippen molar-refractivity contribution >= 4 is 5.97 Å². The van der Waals surface area contributed by atoms with Gasteiger partial charge in [-0.25, -0.2) is 0 Å². The summed E-state index contributed by atoms with van der Waals surface area (Å²) in [6.45, 7) is 4.00. The molecule has 168 valence electrons. The van der Waals surface area contributed by atoms with Gasteiger partial charge in [0, 0.05) is 32.5 Å². The second-order valence-corrected chi connectivity index (χ2v) is 8.31. The Morgan fingerprint density at radius 2 is 1.79 bits per heavy atom. The van der Waals surface area contributed by atoms with Crippen LogP contribution in [0.2, 0.25) is 0 Å². The van der Waals surface area contributed by atoms with E-state index in [0.717, 1.165) is 51.4 Å². The molecule has 1 rings (SSSR count). The summed E-state index contributed by atoms with van der Waals surface area (Å²) in [4.78, 5) is 11.5. The minimum atomic E-state index is -0.343. The van der Waals surface area contributed by atoms with E-state index in [-0.39, 0.29) is 42.7 Å². The Morgan fingerprint density at radius 1 is 1.07 bits per heavy atom. The van der Waals surface area contributed by atoms with Gasteiger partial charge in [-0.15, -0.1) is 0 Å². The molecular formula is C24H42O5. The molecule has 0 spiro atoms. The van der Waals surface area contributed by atoms with Crippen LogP contribution >= 0.6 is 0 Å². The molecular weight excluding hydrogens is 368 g/mol. The number of rotatable bonds is 15. The number of hydrogen-bond donors (Lipinski definition) is 2. The summed E-state index contributed by atoms with van der Waals surface area (Å²) in [7, 11) is 1.72. The van der Waals surface area contributed by atoms with Crippen molar-refractivity contribution in [1.29, 1.82) is 0 Å². The normalized spacial score (nSPS) is 24.9. The van der Waals surface area contributed by atoms with Crippen LogP contribution in [0.25, 0.3) is 0 Å². The van der Waals surface area contributed by atoms with E-state index in [9.17, 15) is 9.90 Å². The molecule has 1 saturated carbocycles. The number of aliphatic hydroxyl groups is 2. The van der Waals surface area contributed by atoms with Crippen molar-refractivity contribution in [3.8, 4) is 0 Å². The average molecular weight is 411 g/mol. The van der Waals surface area contributed by atoms with Gasteiger partial charge < -0.3 is 19.7 Å². The molecule has 2 N–H and O–H groups in total. The fourth-order valence-electron chi connectivity index (χ4n) is 3.97. The number of carbonyl (C=O) groups is 1. The third kappa shape index (κ3) is 11.0. The predicted molar refractivity (Wildman–Crippen MR) is 117 cm³/mol. The number of allylic oxidation sites excluding steroid dienone is 3. The number of hydrogen-bond acceptors (Lipinski definition) is 5. The highest BCUT2D eigenvalue weighted by Crippen LogP contribution is 2.38. The molecule has 5 nitrogen and oxygen atoms in total. The molecule has 0 radical (unpaired) electrons. The zero-order valence-electron chi connectivity index (χ0n) is 18.6. The molecule has 29 heavy (non-hydrogen) atoms. The van der Waals surface area contributed by atoms with Crippen molar-refractivity contribution in [2.75, 3.05) is 13.7 Å². The Hall–Kier alpha value is -1.17. The highest BCUT2D eigenvalue weighted by molar-refractivity contribution is 5.69. The third-order valence-electron chi connectivity index (χ3n) is 5.53. The van der Waals surface area contributed by atoms with Crippen LogP contribution in [0.4, 0.5) is 0 Å². The van der Waals surface area contributed by atoms with E-state index in [1.807, 2.05) is 13.8 Å². The molecule has 4 atom stereocenters. The van der Waals surface area contributed by atoms with Crippen molar-refractivity contribution in [2.45, 2.75) is 96.4 Å². The summed E-state index contributed by atoms with van der Waals surface area (Å²) < 4.78 is 10.8. The van der Waals surface area contributed by atoms with Gasteiger partial charge in [0.15, 0.2) is 0 Å². The van der Waals surface area contributed by atoms with E-state index < -0.39 is 0 Å². The second-order valence-electron chi connectivity index (χ2n) is 8.31. The molecule has 0 saturated heterocycles. The summed E-state index contributed by atoms with van der Waals surface area (Å²) in [6, 6.07) is 0. The van der Waals surface area contributed by atoms with Gasteiger partial charge in [-0.2, -0.15) is 0 Å². The van der Waals surface area contributed by atoms with E-state index in [2.05, 4.69) is 24.3 Å². The van der Waals surface area contributed by atoms with Gasteiger partial charge in [0.05, 0.1) is 18.3 Å². The standard InChI is InChI=1S/C24H42O5/c1-19(2)29-24(27)16-12-8-7-10-14-20-21(23(28-3)18-22(20)26)15-11-6-4-5-9-13-17-25/h7,10-11,15,19-23,25-26H,4-6,8-9,12-14,16-18H2,1-3H3/b10-7-,15-11+/t20?,21-,22+,23-/m1/s1. The number of carbonyl (C=O) groups excluding carboxylic acids is 1. The van der Waals surface area contributed by atoms with E-state index >= 15 is 0 Å². The lowest BCUT2D eigenvalue weighted by molar-refractivity contribution is -0.147. The van der Waals surface area contributed by atoms with E-state index in [4.69, 9.17) is 14.6 Å². The lowest BCUT2D eigenvalue weighted by Gasteiger charge is -2.20. The van der Waals surface area contributed by atoms with Gasteiger partial charge in [0.25, 0.3) is 0 Å². The first-order chi connectivity index (χ1) is 14.0.